The monoisotopic (exact) mass is 453 g/mol. The van der Waals surface area contributed by atoms with Crippen LogP contribution in [0.3, 0.4) is 0 Å². The second-order valence-electron chi connectivity index (χ2n) is 7.90. The van der Waals surface area contributed by atoms with Gasteiger partial charge in [-0.2, -0.15) is 10.4 Å². The molecular weight excluding hydrogens is 414 g/mol. The van der Waals surface area contributed by atoms with Crippen LogP contribution in [0.2, 0.25) is 0 Å². The first-order valence-corrected chi connectivity index (χ1v) is 12.6. The van der Waals surface area contributed by atoms with Gasteiger partial charge in [0.25, 0.3) is 0 Å². The summed E-state index contributed by atoms with van der Waals surface area (Å²) in [6.45, 7) is 14.4. The number of rotatable bonds is 4. The third-order valence-electron chi connectivity index (χ3n) is 6.07. The first-order chi connectivity index (χ1) is 16.5. The number of allylic oxidation sites excluding steroid dienone is 6. The normalized spacial score (nSPS) is 15.9. The number of aryl methyl sites for hydroxylation is 2. The maximum atomic E-state index is 9.31. The van der Waals surface area contributed by atoms with E-state index in [1.165, 1.54) is 33.5 Å². The number of fused-ring (bicyclic) bond motifs is 1. The fraction of sp³-hybridized carbons (Fsp3) is 0.355. The third-order valence-corrected chi connectivity index (χ3v) is 6.07. The zero-order chi connectivity index (χ0) is 25.3. The fourth-order valence-corrected chi connectivity index (χ4v) is 4.32. The molecule has 1 aliphatic carbocycles. The summed E-state index contributed by atoms with van der Waals surface area (Å²) in [5.41, 5.74) is 10.5. The van der Waals surface area contributed by atoms with Gasteiger partial charge in [-0.3, -0.25) is 5.01 Å². The molecule has 0 radical (unpaired) electrons. The van der Waals surface area contributed by atoms with Crippen molar-refractivity contribution in [3.8, 4) is 17.2 Å². The van der Waals surface area contributed by atoms with Gasteiger partial charge in [0.2, 0.25) is 0 Å². The Morgan fingerprint density at radius 2 is 1.71 bits per heavy atom. The second-order valence-corrected chi connectivity index (χ2v) is 7.90. The van der Waals surface area contributed by atoms with Gasteiger partial charge in [-0.05, 0) is 70.9 Å². The highest BCUT2D eigenvalue weighted by Crippen LogP contribution is 2.37. The van der Waals surface area contributed by atoms with Crippen molar-refractivity contribution in [1.29, 1.82) is 5.26 Å². The standard InChI is InChI=1S/C27H27N3.2C2H6/c1-5-19-7-12-24(25(14-19)20-8-10-22(16-28)18(3)13-20)21-9-11-23-17-29-30(4)27(6-2)26(23)15-21;2*1-2/h7-15,17,23H,5-6H2,1-4H3;2*1-2H3. The first-order valence-electron chi connectivity index (χ1n) is 12.6. The minimum absolute atomic E-state index is 0.246. The van der Waals surface area contributed by atoms with Crippen molar-refractivity contribution in [3.05, 3.63) is 88.2 Å². The molecule has 3 nitrogen and oxygen atoms in total. The molecule has 34 heavy (non-hydrogen) atoms. The van der Waals surface area contributed by atoms with Crippen LogP contribution in [0.5, 0.6) is 0 Å². The zero-order valence-electron chi connectivity index (χ0n) is 22.1. The summed E-state index contributed by atoms with van der Waals surface area (Å²) < 4.78 is 0. The van der Waals surface area contributed by atoms with Gasteiger partial charge < -0.3 is 0 Å². The summed E-state index contributed by atoms with van der Waals surface area (Å²) in [6.07, 6.45) is 10.8. The van der Waals surface area contributed by atoms with E-state index in [0.29, 0.717) is 0 Å². The summed E-state index contributed by atoms with van der Waals surface area (Å²) in [4.78, 5) is 0. The third kappa shape index (κ3) is 5.57. The van der Waals surface area contributed by atoms with Crippen molar-refractivity contribution in [2.24, 2.45) is 11.0 Å². The Morgan fingerprint density at radius 3 is 2.32 bits per heavy atom. The van der Waals surface area contributed by atoms with E-state index in [2.05, 4.69) is 73.6 Å². The van der Waals surface area contributed by atoms with E-state index in [9.17, 15) is 5.26 Å². The Kier molecular flexibility index (Phi) is 10.1. The molecule has 2 aromatic carbocycles. The van der Waals surface area contributed by atoms with E-state index >= 15 is 0 Å². The molecule has 3 heteroatoms. The molecule has 0 bridgehead atoms. The molecule has 0 aromatic heterocycles. The SMILES string of the molecule is CC.CC.CCC1=C2C=C(c3ccc(CC)cc3-c3ccc(C#N)c(C)c3)C=CC2C=NN1C. The fourth-order valence-electron chi connectivity index (χ4n) is 4.32. The molecule has 0 amide bonds. The van der Waals surface area contributed by atoms with Crippen molar-refractivity contribution >= 4 is 11.8 Å². The molecule has 2 aromatic rings. The summed E-state index contributed by atoms with van der Waals surface area (Å²) in [6, 6.07) is 15.2. The minimum Gasteiger partial charge on any atom is -0.273 e. The highest BCUT2D eigenvalue weighted by molar-refractivity contribution is 5.90. The predicted molar refractivity (Wildman–Crippen MR) is 148 cm³/mol. The van der Waals surface area contributed by atoms with Crippen molar-refractivity contribution in [1.82, 2.24) is 5.01 Å². The molecule has 0 spiro atoms. The van der Waals surface area contributed by atoms with E-state index in [4.69, 9.17) is 0 Å². The number of hydrazone groups is 1. The maximum Gasteiger partial charge on any atom is 0.0994 e. The average molecular weight is 454 g/mol. The lowest BCUT2D eigenvalue weighted by atomic mass is 9.84. The van der Waals surface area contributed by atoms with Crippen LogP contribution >= 0.6 is 0 Å². The Bertz CT molecular complexity index is 1160. The van der Waals surface area contributed by atoms with Crippen LogP contribution in [0, 0.1) is 24.2 Å². The van der Waals surface area contributed by atoms with Gasteiger partial charge in [0, 0.05) is 24.9 Å². The van der Waals surface area contributed by atoms with Gasteiger partial charge >= 0.3 is 0 Å². The topological polar surface area (TPSA) is 39.4 Å². The molecule has 1 atom stereocenters. The van der Waals surface area contributed by atoms with E-state index in [-0.39, 0.29) is 5.92 Å². The largest absolute Gasteiger partial charge is 0.273 e. The molecule has 0 fully saturated rings. The van der Waals surface area contributed by atoms with Gasteiger partial charge in [0.1, 0.15) is 0 Å². The molecule has 0 saturated carbocycles. The smallest absolute Gasteiger partial charge is 0.0994 e. The van der Waals surface area contributed by atoms with Crippen molar-refractivity contribution in [2.45, 2.75) is 61.3 Å². The van der Waals surface area contributed by atoms with E-state index < -0.39 is 0 Å². The summed E-state index contributed by atoms with van der Waals surface area (Å²) in [7, 11) is 2.02. The minimum atomic E-state index is 0.246. The van der Waals surface area contributed by atoms with Gasteiger partial charge in [-0.15, -0.1) is 0 Å². The number of hydrogen-bond donors (Lipinski definition) is 0. The van der Waals surface area contributed by atoms with Gasteiger partial charge in [0.05, 0.1) is 11.6 Å². The summed E-state index contributed by atoms with van der Waals surface area (Å²) >= 11 is 0. The number of benzene rings is 2. The highest BCUT2D eigenvalue weighted by Gasteiger charge is 2.23. The maximum absolute atomic E-state index is 9.31. The van der Waals surface area contributed by atoms with Crippen LogP contribution in [-0.2, 0) is 6.42 Å². The molecule has 178 valence electrons. The number of hydrogen-bond acceptors (Lipinski definition) is 3. The summed E-state index contributed by atoms with van der Waals surface area (Å²) in [5.74, 6) is 0.246. The number of nitriles is 1. The quantitative estimate of drug-likeness (QED) is 0.467. The van der Waals surface area contributed by atoms with E-state index in [0.717, 1.165) is 29.5 Å². The van der Waals surface area contributed by atoms with Crippen LogP contribution in [0.25, 0.3) is 16.7 Å². The highest BCUT2D eigenvalue weighted by atomic mass is 15.4. The Hall–Kier alpha value is -3.38. The molecule has 4 rings (SSSR count). The first kappa shape index (κ1) is 26.9. The molecule has 1 heterocycles. The van der Waals surface area contributed by atoms with Crippen LogP contribution in [0.1, 0.15) is 70.2 Å². The van der Waals surface area contributed by atoms with Gasteiger partial charge in [-0.25, -0.2) is 0 Å². The Morgan fingerprint density at radius 1 is 0.971 bits per heavy atom. The van der Waals surface area contributed by atoms with Crippen molar-refractivity contribution < 1.29 is 0 Å². The van der Waals surface area contributed by atoms with Crippen LogP contribution < -0.4 is 0 Å². The van der Waals surface area contributed by atoms with Gasteiger partial charge in [0.15, 0.2) is 0 Å². The summed E-state index contributed by atoms with van der Waals surface area (Å²) in [5, 5.41) is 15.8. The van der Waals surface area contributed by atoms with Crippen molar-refractivity contribution in [3.63, 3.8) is 0 Å². The molecular formula is C31H39N3. The van der Waals surface area contributed by atoms with Crippen LogP contribution in [0.15, 0.2) is 71.0 Å². The average Bonchev–Trinajstić information content (AvgIpc) is 2.90. The lowest BCUT2D eigenvalue weighted by Crippen LogP contribution is -2.23. The molecule has 1 unspecified atom stereocenters. The van der Waals surface area contributed by atoms with Crippen LogP contribution in [0.4, 0.5) is 0 Å². The lowest BCUT2D eigenvalue weighted by Gasteiger charge is -2.29. The zero-order valence-corrected chi connectivity index (χ0v) is 22.1. The Balaban J connectivity index is 0.000000970. The van der Waals surface area contributed by atoms with Crippen LogP contribution in [-0.4, -0.2) is 18.3 Å². The molecule has 1 aliphatic heterocycles. The molecule has 2 aliphatic rings. The number of nitrogens with zero attached hydrogens (tertiary/aromatic N) is 3. The predicted octanol–water partition coefficient (Wildman–Crippen LogP) is 8.31. The van der Waals surface area contributed by atoms with E-state index in [1.54, 1.807) is 0 Å². The van der Waals surface area contributed by atoms with Gasteiger partial charge in [-0.1, -0.05) is 84.0 Å². The lowest BCUT2D eigenvalue weighted by molar-refractivity contribution is 0.416. The molecule has 0 N–H and O–H groups in total. The van der Waals surface area contributed by atoms with Crippen molar-refractivity contribution in [2.75, 3.05) is 7.05 Å². The van der Waals surface area contributed by atoms with E-state index in [1.807, 2.05) is 59.0 Å². The second kappa shape index (κ2) is 12.8. The molecule has 0 saturated heterocycles. The Labute approximate surface area is 206 Å².